The molecule has 56 heavy (non-hydrogen) atoms. The van der Waals surface area contributed by atoms with Gasteiger partial charge in [-0.15, -0.1) is 0 Å². The first-order valence-electron chi connectivity index (χ1n) is 19.1. The summed E-state index contributed by atoms with van der Waals surface area (Å²) in [5.74, 6) is 3.25. The number of H-pyrrole nitrogens is 1. The highest BCUT2D eigenvalue weighted by Crippen LogP contribution is 2.39. The number of aromatic nitrogens is 9. The zero-order valence-corrected chi connectivity index (χ0v) is 34.2. The molecule has 9 heterocycles. The number of nitrogens with one attached hydrogen (secondary N) is 2. The summed E-state index contributed by atoms with van der Waals surface area (Å²) in [4.78, 5) is 35.3. The van der Waals surface area contributed by atoms with Gasteiger partial charge < -0.3 is 28.6 Å². The van der Waals surface area contributed by atoms with Crippen LogP contribution in [0, 0.1) is 55.4 Å². The Kier molecular flexibility index (Phi) is 7.98. The zero-order chi connectivity index (χ0) is 39.5. The SMILES string of the molecule is Cc1nc(/C2=C3\C=CC(N3)C(c3nc(C)c(C)n3C)C3=N/C(=C(/c4nc(C)c(C)n4C)c4ccc([nH]4)/C(c4nc(C)c(C)n4C)=C4/C=CC2=N4)C=C3)n(C)c1C. The molecule has 4 aliphatic rings. The van der Waals surface area contributed by atoms with E-state index in [2.05, 4.69) is 161 Å². The summed E-state index contributed by atoms with van der Waals surface area (Å²) < 4.78 is 8.67. The molecule has 8 bridgehead atoms. The van der Waals surface area contributed by atoms with E-state index in [1.807, 2.05) is 0 Å². The van der Waals surface area contributed by atoms with E-state index >= 15 is 0 Å². The molecule has 0 aromatic carbocycles. The molecule has 0 spiro atoms. The Morgan fingerprint density at radius 2 is 1.00 bits per heavy atom. The molecule has 0 saturated heterocycles. The number of hydrogen-bond donors (Lipinski definition) is 2. The van der Waals surface area contributed by atoms with Crippen molar-refractivity contribution < 1.29 is 0 Å². The first-order chi connectivity index (χ1) is 26.7. The number of hydrogen-bond acceptors (Lipinski definition) is 7. The van der Waals surface area contributed by atoms with E-state index in [1.54, 1.807) is 0 Å². The predicted molar refractivity (Wildman–Crippen MR) is 222 cm³/mol. The molecule has 0 amide bonds. The molecule has 0 aliphatic carbocycles. The number of fused-ring (bicyclic) bond motifs is 6. The fourth-order valence-electron chi connectivity index (χ4n) is 8.28. The number of aryl methyl sites for hydroxylation is 4. The third-order valence-corrected chi connectivity index (χ3v) is 12.5. The molecule has 0 fully saturated rings. The normalized spacial score (nSPS) is 22.9. The largest absolute Gasteiger partial charge is 0.377 e. The highest BCUT2D eigenvalue weighted by Gasteiger charge is 2.36. The smallest absolute Gasteiger partial charge is 0.144 e. The van der Waals surface area contributed by atoms with Gasteiger partial charge in [-0.25, -0.2) is 24.9 Å². The Morgan fingerprint density at radius 3 is 1.50 bits per heavy atom. The van der Waals surface area contributed by atoms with Crippen LogP contribution in [0.3, 0.4) is 0 Å². The summed E-state index contributed by atoms with van der Waals surface area (Å²) in [6.45, 7) is 16.7. The van der Waals surface area contributed by atoms with Gasteiger partial charge in [-0.1, -0.05) is 6.08 Å². The van der Waals surface area contributed by atoms with Crippen molar-refractivity contribution in [3.8, 4) is 0 Å². The number of nitrogens with zero attached hydrogens (tertiary/aromatic N) is 10. The Hall–Kier alpha value is -6.30. The summed E-state index contributed by atoms with van der Waals surface area (Å²) in [5.41, 5.74) is 17.2. The average Bonchev–Trinajstić information content (AvgIpc) is 4.07. The third kappa shape index (κ3) is 5.18. The molecule has 2 N–H and O–H groups in total. The van der Waals surface area contributed by atoms with Gasteiger partial charge in [0.25, 0.3) is 0 Å². The second-order valence-corrected chi connectivity index (χ2v) is 15.5. The Balaban J connectivity index is 1.37. The van der Waals surface area contributed by atoms with Crippen molar-refractivity contribution in [2.75, 3.05) is 0 Å². The van der Waals surface area contributed by atoms with E-state index in [0.29, 0.717) is 0 Å². The van der Waals surface area contributed by atoms with Crippen LogP contribution in [0.4, 0.5) is 0 Å². The van der Waals surface area contributed by atoms with Crippen LogP contribution in [0.25, 0.3) is 16.7 Å². The molecule has 2 unspecified atom stereocenters. The van der Waals surface area contributed by atoms with E-state index in [4.69, 9.17) is 29.9 Å². The second-order valence-electron chi connectivity index (χ2n) is 15.5. The van der Waals surface area contributed by atoms with Gasteiger partial charge >= 0.3 is 0 Å². The summed E-state index contributed by atoms with van der Waals surface area (Å²) in [5, 5.41) is 3.94. The number of rotatable bonds is 4. The van der Waals surface area contributed by atoms with E-state index < -0.39 is 0 Å². The molecule has 5 aromatic rings. The zero-order valence-electron chi connectivity index (χ0n) is 34.2. The van der Waals surface area contributed by atoms with Crippen LogP contribution in [0.15, 0.2) is 75.7 Å². The molecular formula is C44H48N12. The van der Waals surface area contributed by atoms with Gasteiger partial charge in [0.15, 0.2) is 0 Å². The molecule has 5 aromatic heterocycles. The Bertz CT molecular complexity index is 2800. The van der Waals surface area contributed by atoms with Gasteiger partial charge in [0.05, 0.1) is 85.7 Å². The molecule has 284 valence electrons. The topological polar surface area (TPSA) is 124 Å². The van der Waals surface area contributed by atoms with Gasteiger partial charge in [-0.3, -0.25) is 4.99 Å². The molecule has 0 saturated carbocycles. The maximum absolute atomic E-state index is 5.48. The number of aromatic amines is 1. The minimum atomic E-state index is -0.211. The van der Waals surface area contributed by atoms with Gasteiger partial charge in [0.2, 0.25) is 0 Å². The van der Waals surface area contributed by atoms with Crippen LogP contribution in [0.1, 0.15) is 86.2 Å². The third-order valence-electron chi connectivity index (χ3n) is 12.5. The highest BCUT2D eigenvalue weighted by molar-refractivity contribution is 6.31. The van der Waals surface area contributed by atoms with Gasteiger partial charge in [0, 0.05) is 56.7 Å². The lowest BCUT2D eigenvalue weighted by atomic mass is 9.93. The van der Waals surface area contributed by atoms with Gasteiger partial charge in [-0.05, 0) is 97.9 Å². The summed E-state index contributed by atoms with van der Waals surface area (Å²) in [7, 11) is 8.31. The van der Waals surface area contributed by atoms with Crippen LogP contribution < -0.4 is 5.32 Å². The number of allylic oxidation sites excluding steroid dienone is 6. The standard InChI is InChI=1S/C44H48N12/c1-21-25(5)53(9)41(45-21)37-29-13-15-31(49-29)38(42-46-22(2)26(6)54(42)10)33-17-19-35(51-33)40(44-48-24(4)28(8)56(44)12)36-20-18-34(52-36)39(32-16-14-30(37)50-32)43-47-23(3)27(7)55(43)11/h13-20,29,37,49,52H,1-12H3/b38-31+,39-32+,40-35+. The molecule has 0 radical (unpaired) electrons. The van der Waals surface area contributed by atoms with Crippen LogP contribution in [-0.4, -0.2) is 60.7 Å². The van der Waals surface area contributed by atoms with Crippen molar-refractivity contribution in [3.63, 3.8) is 0 Å². The van der Waals surface area contributed by atoms with E-state index in [0.717, 1.165) is 125 Å². The van der Waals surface area contributed by atoms with Gasteiger partial charge in [-0.2, -0.15) is 0 Å². The summed E-state index contributed by atoms with van der Waals surface area (Å²) >= 11 is 0. The van der Waals surface area contributed by atoms with E-state index in [-0.39, 0.29) is 12.0 Å². The minimum absolute atomic E-state index is 0.161. The maximum Gasteiger partial charge on any atom is 0.144 e. The van der Waals surface area contributed by atoms with Crippen molar-refractivity contribution in [1.29, 1.82) is 0 Å². The molecule has 9 rings (SSSR count). The highest BCUT2D eigenvalue weighted by atomic mass is 15.1. The lowest BCUT2D eigenvalue weighted by Crippen LogP contribution is -2.35. The molecule has 4 aliphatic heterocycles. The van der Waals surface area contributed by atoms with E-state index in [1.165, 1.54) is 0 Å². The lowest BCUT2D eigenvalue weighted by molar-refractivity contribution is 0.613. The molecular weight excluding hydrogens is 697 g/mol. The summed E-state index contributed by atoms with van der Waals surface area (Å²) in [6, 6.07) is 4.10. The molecule has 12 heteroatoms. The average molecular weight is 745 g/mol. The van der Waals surface area contributed by atoms with Crippen LogP contribution >= 0.6 is 0 Å². The Labute approximate surface area is 327 Å². The van der Waals surface area contributed by atoms with Crippen molar-refractivity contribution in [2.45, 2.75) is 67.3 Å². The first-order valence-corrected chi connectivity index (χ1v) is 19.1. The molecule has 2 atom stereocenters. The van der Waals surface area contributed by atoms with Gasteiger partial charge in [0.1, 0.15) is 23.3 Å². The van der Waals surface area contributed by atoms with E-state index in [9.17, 15) is 0 Å². The molecule has 12 nitrogen and oxygen atoms in total. The number of aliphatic imine (C=N–C) groups is 2. The quantitative estimate of drug-likeness (QED) is 0.212. The van der Waals surface area contributed by atoms with Crippen molar-refractivity contribution in [2.24, 2.45) is 38.2 Å². The monoisotopic (exact) mass is 744 g/mol. The van der Waals surface area contributed by atoms with Crippen molar-refractivity contribution in [1.82, 2.24) is 48.5 Å². The fourth-order valence-corrected chi connectivity index (χ4v) is 8.28. The fraction of sp³-hybridized carbons (Fsp3) is 0.318. The van der Waals surface area contributed by atoms with Crippen molar-refractivity contribution in [3.05, 3.63) is 146 Å². The summed E-state index contributed by atoms with van der Waals surface area (Å²) in [6.07, 6.45) is 12.9. The van der Waals surface area contributed by atoms with Crippen LogP contribution in [0.5, 0.6) is 0 Å². The number of imidazole rings is 4. The van der Waals surface area contributed by atoms with Crippen LogP contribution in [0.2, 0.25) is 0 Å². The second kappa shape index (κ2) is 12.6. The maximum atomic E-state index is 5.48. The first kappa shape index (κ1) is 35.4. The van der Waals surface area contributed by atoms with Crippen LogP contribution in [-0.2, 0) is 28.2 Å². The van der Waals surface area contributed by atoms with Crippen molar-refractivity contribution >= 4 is 28.1 Å². The minimum Gasteiger partial charge on any atom is -0.377 e. The predicted octanol–water partition coefficient (Wildman–Crippen LogP) is 6.69. The lowest BCUT2D eigenvalue weighted by Gasteiger charge is -2.24. The Morgan fingerprint density at radius 1 is 0.518 bits per heavy atom.